The zero-order valence-corrected chi connectivity index (χ0v) is 24.1. The fourth-order valence-corrected chi connectivity index (χ4v) is 5.83. The zero-order chi connectivity index (χ0) is 26.5. The van der Waals surface area contributed by atoms with Crippen molar-refractivity contribution in [3.05, 3.63) is 35.9 Å². The van der Waals surface area contributed by atoms with Gasteiger partial charge >= 0.3 is 0 Å². The Morgan fingerprint density at radius 1 is 1.11 bits per heavy atom. The average molecular weight is 517 g/mol. The second-order valence-corrected chi connectivity index (χ2v) is 17.2. The van der Waals surface area contributed by atoms with E-state index in [4.69, 9.17) is 14.3 Å². The normalized spacial score (nSPS) is 21.4. The topological polar surface area (TPSA) is 78.5 Å². The summed E-state index contributed by atoms with van der Waals surface area (Å²) < 4.78 is 30.7. The number of anilines is 2. The van der Waals surface area contributed by atoms with E-state index in [9.17, 15) is 0 Å². The molecule has 1 saturated carbocycles. The van der Waals surface area contributed by atoms with Gasteiger partial charge in [-0.3, -0.25) is 0 Å². The molecule has 0 spiro atoms. The van der Waals surface area contributed by atoms with Gasteiger partial charge in [-0.1, -0.05) is 20.8 Å². The molecule has 0 bridgehead atoms. The van der Waals surface area contributed by atoms with Crippen LogP contribution >= 0.6 is 0 Å². The number of ether oxygens (including phenoxy) is 1. The van der Waals surface area contributed by atoms with Crippen molar-refractivity contribution in [2.45, 2.75) is 103 Å². The standard InChI is InChI=1S/C26H41FN6O2Si/c1-25(2,3)33-23(29-24-21-14-18(16-34-7)30-32(21)11-10-28-24)15-20(31-33)17-12-19(27)22(13-17)35-36(8,9)26(4,5)6/h10-11,14-15,17,19,22H,12-13,16H2,1-9H3,(H,28,29)/t17-,19+,22?/m1/s1. The molecular formula is C26H41FN6O2Si. The Bertz CT molecular complexity index is 1210. The monoisotopic (exact) mass is 516 g/mol. The van der Waals surface area contributed by atoms with Crippen LogP contribution in [0.1, 0.15) is 71.7 Å². The third-order valence-corrected chi connectivity index (χ3v) is 11.9. The molecule has 1 aliphatic rings. The smallest absolute Gasteiger partial charge is 0.192 e. The van der Waals surface area contributed by atoms with Gasteiger partial charge in [-0.05, 0) is 57.8 Å². The number of nitrogens with one attached hydrogen (secondary N) is 1. The minimum atomic E-state index is -2.06. The summed E-state index contributed by atoms with van der Waals surface area (Å²) in [5.74, 6) is 1.50. The van der Waals surface area contributed by atoms with Crippen LogP contribution in [0, 0.1) is 0 Å². The quantitative estimate of drug-likeness (QED) is 0.378. The first-order chi connectivity index (χ1) is 16.7. The molecule has 10 heteroatoms. The summed E-state index contributed by atoms with van der Waals surface area (Å²) in [6, 6.07) is 4.00. The van der Waals surface area contributed by atoms with Gasteiger partial charge < -0.3 is 14.5 Å². The lowest BCUT2D eigenvalue weighted by Gasteiger charge is -2.38. The van der Waals surface area contributed by atoms with Crippen molar-refractivity contribution in [3.63, 3.8) is 0 Å². The van der Waals surface area contributed by atoms with E-state index in [1.54, 1.807) is 17.8 Å². The van der Waals surface area contributed by atoms with E-state index in [1.807, 2.05) is 23.0 Å². The summed E-state index contributed by atoms with van der Waals surface area (Å²) in [6.07, 6.45) is 3.23. The van der Waals surface area contributed by atoms with Crippen LogP contribution in [-0.4, -0.2) is 52.1 Å². The lowest BCUT2D eigenvalue weighted by atomic mass is 10.0. The molecule has 36 heavy (non-hydrogen) atoms. The highest BCUT2D eigenvalue weighted by Crippen LogP contribution is 2.44. The predicted molar refractivity (Wildman–Crippen MR) is 143 cm³/mol. The zero-order valence-electron chi connectivity index (χ0n) is 23.1. The molecule has 1 unspecified atom stereocenters. The molecule has 0 saturated heterocycles. The lowest BCUT2D eigenvalue weighted by Crippen LogP contribution is -2.45. The Balaban J connectivity index is 1.61. The van der Waals surface area contributed by atoms with Gasteiger partial charge in [-0.15, -0.1) is 0 Å². The number of fused-ring (bicyclic) bond motifs is 1. The first-order valence-electron chi connectivity index (χ1n) is 12.7. The van der Waals surface area contributed by atoms with E-state index in [0.717, 1.165) is 22.7 Å². The Morgan fingerprint density at radius 2 is 1.83 bits per heavy atom. The van der Waals surface area contributed by atoms with Crippen LogP contribution in [0.4, 0.5) is 16.0 Å². The predicted octanol–water partition coefficient (Wildman–Crippen LogP) is 6.18. The highest BCUT2D eigenvalue weighted by atomic mass is 28.4. The SMILES string of the molecule is COCc1cc2c(Nc3cc([C@H]4CC(O[Si](C)(C)C(C)(C)C)[C@@H](F)C4)nn3C(C)(C)C)nccn2n1. The largest absolute Gasteiger partial charge is 0.411 e. The molecule has 4 rings (SSSR count). The fourth-order valence-electron chi connectivity index (χ4n) is 4.47. The third-order valence-electron chi connectivity index (χ3n) is 7.44. The average Bonchev–Trinajstić information content (AvgIpc) is 3.44. The fraction of sp³-hybridized carbons (Fsp3) is 0.654. The van der Waals surface area contributed by atoms with Crippen molar-refractivity contribution in [3.8, 4) is 0 Å². The van der Waals surface area contributed by atoms with Crippen molar-refractivity contribution >= 4 is 25.5 Å². The molecule has 3 atom stereocenters. The molecule has 8 nitrogen and oxygen atoms in total. The Labute approximate surface area is 214 Å². The van der Waals surface area contributed by atoms with Crippen LogP contribution in [-0.2, 0) is 21.3 Å². The van der Waals surface area contributed by atoms with E-state index in [0.29, 0.717) is 25.3 Å². The van der Waals surface area contributed by atoms with Crippen LogP contribution in [0.2, 0.25) is 18.1 Å². The number of aromatic nitrogens is 5. The van der Waals surface area contributed by atoms with Crippen LogP contribution in [0.3, 0.4) is 0 Å². The summed E-state index contributed by atoms with van der Waals surface area (Å²) in [5.41, 5.74) is 2.28. The summed E-state index contributed by atoms with van der Waals surface area (Å²) in [5, 5.41) is 13.0. The van der Waals surface area contributed by atoms with Crippen LogP contribution < -0.4 is 5.32 Å². The lowest BCUT2D eigenvalue weighted by molar-refractivity contribution is 0.111. The van der Waals surface area contributed by atoms with Gasteiger partial charge in [-0.2, -0.15) is 10.2 Å². The minimum Gasteiger partial charge on any atom is -0.411 e. The third kappa shape index (κ3) is 5.35. The molecule has 3 aromatic heterocycles. The van der Waals surface area contributed by atoms with E-state index < -0.39 is 14.5 Å². The van der Waals surface area contributed by atoms with Gasteiger partial charge in [0.25, 0.3) is 0 Å². The van der Waals surface area contributed by atoms with Crippen molar-refractivity contribution in [2.75, 3.05) is 12.4 Å². The Morgan fingerprint density at radius 3 is 2.47 bits per heavy atom. The molecule has 0 radical (unpaired) electrons. The molecule has 0 aliphatic heterocycles. The van der Waals surface area contributed by atoms with Crippen molar-refractivity contribution in [1.29, 1.82) is 0 Å². The second kappa shape index (κ2) is 9.53. The Kier molecular flexibility index (Phi) is 7.09. The van der Waals surface area contributed by atoms with Crippen molar-refractivity contribution in [1.82, 2.24) is 24.4 Å². The maximum absolute atomic E-state index is 15.2. The molecule has 3 heterocycles. The summed E-state index contributed by atoms with van der Waals surface area (Å²) in [4.78, 5) is 4.56. The van der Waals surface area contributed by atoms with Gasteiger partial charge in [0.2, 0.25) is 0 Å². The number of alkyl halides is 1. The number of nitrogens with zero attached hydrogens (tertiary/aromatic N) is 5. The minimum absolute atomic E-state index is 0.00550. The molecule has 1 aliphatic carbocycles. The van der Waals surface area contributed by atoms with Crippen LogP contribution in [0.5, 0.6) is 0 Å². The van der Waals surface area contributed by atoms with Gasteiger partial charge in [-0.25, -0.2) is 18.6 Å². The number of methoxy groups -OCH3 is 1. The van der Waals surface area contributed by atoms with Crippen LogP contribution in [0.15, 0.2) is 24.5 Å². The molecule has 198 valence electrons. The Hall–Kier alpha value is -2.30. The molecule has 1 N–H and O–H groups in total. The molecule has 1 fully saturated rings. The first-order valence-corrected chi connectivity index (χ1v) is 15.6. The van der Waals surface area contributed by atoms with Gasteiger partial charge in [0, 0.05) is 31.5 Å². The molecule has 3 aromatic rings. The first kappa shape index (κ1) is 26.8. The van der Waals surface area contributed by atoms with E-state index in [1.165, 1.54) is 0 Å². The number of hydrogen-bond donors (Lipinski definition) is 1. The number of halogens is 1. The highest BCUT2D eigenvalue weighted by molar-refractivity contribution is 6.74. The van der Waals surface area contributed by atoms with Crippen LogP contribution in [0.25, 0.3) is 5.52 Å². The summed E-state index contributed by atoms with van der Waals surface area (Å²) in [6.45, 7) is 17.7. The van der Waals surface area contributed by atoms with Gasteiger partial charge in [0.15, 0.2) is 14.1 Å². The van der Waals surface area contributed by atoms with E-state index >= 15 is 4.39 Å². The maximum Gasteiger partial charge on any atom is 0.192 e. The van der Waals surface area contributed by atoms with E-state index in [2.05, 4.69) is 70.0 Å². The van der Waals surface area contributed by atoms with Gasteiger partial charge in [0.1, 0.15) is 17.5 Å². The number of rotatable bonds is 7. The van der Waals surface area contributed by atoms with Crippen molar-refractivity contribution < 1.29 is 13.6 Å². The highest BCUT2D eigenvalue weighted by Gasteiger charge is 2.45. The second-order valence-electron chi connectivity index (χ2n) is 12.4. The van der Waals surface area contributed by atoms with Gasteiger partial charge in [0.05, 0.1) is 29.6 Å². The molecule has 0 amide bonds. The maximum atomic E-state index is 15.2. The van der Waals surface area contributed by atoms with Crippen molar-refractivity contribution in [2.24, 2.45) is 0 Å². The van der Waals surface area contributed by atoms with E-state index in [-0.39, 0.29) is 22.6 Å². The summed E-state index contributed by atoms with van der Waals surface area (Å²) in [7, 11) is -0.412. The number of hydrogen-bond acceptors (Lipinski definition) is 6. The molecular weight excluding hydrogens is 475 g/mol. The molecule has 0 aromatic carbocycles. The summed E-state index contributed by atoms with van der Waals surface area (Å²) >= 11 is 0.